The number of carboxylic acids is 1. The van der Waals surface area contributed by atoms with Crippen molar-refractivity contribution in [2.24, 2.45) is 0 Å². The number of Topliss-reactive ketones (excluding diaryl/α,β-unsaturated/α-hetero) is 1. The summed E-state index contributed by atoms with van der Waals surface area (Å²) >= 11 is 0. The number of benzene rings is 2. The first-order valence-electron chi connectivity index (χ1n) is 6.13. The average Bonchev–Trinajstić information content (AvgIpc) is 2.45. The van der Waals surface area contributed by atoms with Gasteiger partial charge in [-0.3, -0.25) is 4.79 Å². The SMILES string of the molecule is CC(=O)c1cccc(C(=O)O)c1OCc1ccccc1. The first-order chi connectivity index (χ1) is 9.59. The van der Waals surface area contributed by atoms with Gasteiger partial charge in [-0.05, 0) is 24.6 Å². The van der Waals surface area contributed by atoms with Crippen molar-refractivity contribution in [2.75, 3.05) is 0 Å². The third-order valence-electron chi connectivity index (χ3n) is 2.85. The van der Waals surface area contributed by atoms with E-state index in [1.54, 1.807) is 6.07 Å². The molecule has 0 bridgehead atoms. The fourth-order valence-corrected chi connectivity index (χ4v) is 1.87. The van der Waals surface area contributed by atoms with Crippen LogP contribution in [0.5, 0.6) is 5.75 Å². The molecule has 4 heteroatoms. The smallest absolute Gasteiger partial charge is 0.339 e. The Hall–Kier alpha value is -2.62. The molecule has 0 aliphatic rings. The van der Waals surface area contributed by atoms with Crippen LogP contribution in [0.15, 0.2) is 48.5 Å². The van der Waals surface area contributed by atoms with Crippen molar-refractivity contribution in [1.82, 2.24) is 0 Å². The van der Waals surface area contributed by atoms with E-state index in [4.69, 9.17) is 4.74 Å². The number of hydrogen-bond acceptors (Lipinski definition) is 3. The highest BCUT2D eigenvalue weighted by atomic mass is 16.5. The molecule has 102 valence electrons. The summed E-state index contributed by atoms with van der Waals surface area (Å²) < 4.78 is 5.58. The van der Waals surface area contributed by atoms with Crippen LogP contribution in [0.4, 0.5) is 0 Å². The van der Waals surface area contributed by atoms with Gasteiger partial charge in [0.05, 0.1) is 5.56 Å². The van der Waals surface area contributed by atoms with Crippen LogP contribution in [0, 0.1) is 0 Å². The Bertz CT molecular complexity index is 600. The monoisotopic (exact) mass is 270 g/mol. The molecular weight excluding hydrogens is 256 g/mol. The molecule has 2 aromatic rings. The van der Waals surface area contributed by atoms with E-state index in [-0.39, 0.29) is 29.3 Å². The minimum Gasteiger partial charge on any atom is -0.487 e. The van der Waals surface area contributed by atoms with Crippen molar-refractivity contribution in [3.8, 4) is 5.75 Å². The molecule has 0 spiro atoms. The van der Waals surface area contributed by atoms with Crippen LogP contribution >= 0.6 is 0 Å². The van der Waals surface area contributed by atoms with Crippen molar-refractivity contribution >= 4 is 11.8 Å². The summed E-state index contributed by atoms with van der Waals surface area (Å²) in [4.78, 5) is 22.8. The molecule has 0 radical (unpaired) electrons. The normalized spacial score (nSPS) is 10.1. The summed E-state index contributed by atoms with van der Waals surface area (Å²) in [7, 11) is 0. The van der Waals surface area contributed by atoms with Crippen LogP contribution in [-0.4, -0.2) is 16.9 Å². The van der Waals surface area contributed by atoms with Crippen LogP contribution in [0.1, 0.15) is 33.2 Å². The summed E-state index contributed by atoms with van der Waals surface area (Å²) in [6.45, 7) is 1.60. The summed E-state index contributed by atoms with van der Waals surface area (Å²) in [6.07, 6.45) is 0. The molecule has 0 saturated carbocycles. The van der Waals surface area contributed by atoms with E-state index in [0.29, 0.717) is 0 Å². The lowest BCUT2D eigenvalue weighted by atomic mass is 10.1. The average molecular weight is 270 g/mol. The molecule has 0 aromatic heterocycles. The zero-order chi connectivity index (χ0) is 14.5. The van der Waals surface area contributed by atoms with Gasteiger partial charge in [0.15, 0.2) is 5.78 Å². The molecule has 2 rings (SSSR count). The number of para-hydroxylation sites is 1. The lowest BCUT2D eigenvalue weighted by molar-refractivity contribution is 0.0691. The second-order valence-corrected chi connectivity index (χ2v) is 4.32. The standard InChI is InChI=1S/C16H14O4/c1-11(17)13-8-5-9-14(16(18)19)15(13)20-10-12-6-3-2-4-7-12/h2-9H,10H2,1H3,(H,18,19). The predicted molar refractivity (Wildman–Crippen MR) is 74.2 cm³/mol. The maximum atomic E-state index is 11.6. The molecule has 0 atom stereocenters. The highest BCUT2D eigenvalue weighted by molar-refractivity contribution is 6.01. The van der Waals surface area contributed by atoms with Gasteiger partial charge < -0.3 is 9.84 Å². The lowest BCUT2D eigenvalue weighted by Gasteiger charge is -2.12. The topological polar surface area (TPSA) is 63.6 Å². The second kappa shape index (κ2) is 6.02. The van der Waals surface area contributed by atoms with Crippen molar-refractivity contribution in [3.05, 3.63) is 65.2 Å². The Kier molecular flexibility index (Phi) is 4.15. The first-order valence-corrected chi connectivity index (χ1v) is 6.13. The van der Waals surface area contributed by atoms with Gasteiger partial charge in [-0.1, -0.05) is 36.4 Å². The van der Waals surface area contributed by atoms with Crippen LogP contribution < -0.4 is 4.74 Å². The van der Waals surface area contributed by atoms with Gasteiger partial charge in [-0.2, -0.15) is 0 Å². The molecule has 1 N–H and O–H groups in total. The number of carboxylic acid groups (broad SMARTS) is 1. The first kappa shape index (κ1) is 13.8. The number of ether oxygens (including phenoxy) is 1. The van der Waals surface area contributed by atoms with Gasteiger partial charge in [-0.25, -0.2) is 4.79 Å². The Morgan fingerprint density at radius 3 is 2.25 bits per heavy atom. The van der Waals surface area contributed by atoms with E-state index in [1.807, 2.05) is 30.3 Å². The number of carbonyl (C=O) groups excluding carboxylic acids is 1. The molecular formula is C16H14O4. The Balaban J connectivity index is 2.33. The summed E-state index contributed by atoms with van der Waals surface area (Å²) in [6, 6.07) is 13.9. The number of hydrogen-bond donors (Lipinski definition) is 1. The molecule has 0 aliphatic carbocycles. The number of rotatable bonds is 5. The van der Waals surface area contributed by atoms with Gasteiger partial charge >= 0.3 is 5.97 Å². The number of ketones is 1. The third kappa shape index (κ3) is 3.03. The fourth-order valence-electron chi connectivity index (χ4n) is 1.87. The van der Waals surface area contributed by atoms with Crippen LogP contribution in [0.2, 0.25) is 0 Å². The molecule has 0 amide bonds. The zero-order valence-corrected chi connectivity index (χ0v) is 11.0. The van der Waals surface area contributed by atoms with Gasteiger partial charge in [0.25, 0.3) is 0 Å². The third-order valence-corrected chi connectivity index (χ3v) is 2.85. The van der Waals surface area contributed by atoms with E-state index < -0.39 is 5.97 Å². The molecule has 0 unspecified atom stereocenters. The molecule has 0 heterocycles. The molecule has 0 aliphatic heterocycles. The van der Waals surface area contributed by atoms with E-state index in [9.17, 15) is 14.7 Å². The highest BCUT2D eigenvalue weighted by Crippen LogP contribution is 2.25. The highest BCUT2D eigenvalue weighted by Gasteiger charge is 2.17. The van der Waals surface area contributed by atoms with Gasteiger partial charge in [0.1, 0.15) is 17.9 Å². The van der Waals surface area contributed by atoms with Crippen LogP contribution in [-0.2, 0) is 6.61 Å². The van der Waals surface area contributed by atoms with Gasteiger partial charge in [-0.15, -0.1) is 0 Å². The molecule has 20 heavy (non-hydrogen) atoms. The fraction of sp³-hybridized carbons (Fsp3) is 0.125. The maximum absolute atomic E-state index is 11.6. The van der Waals surface area contributed by atoms with Gasteiger partial charge in [0.2, 0.25) is 0 Å². The van der Waals surface area contributed by atoms with Crippen molar-refractivity contribution in [3.63, 3.8) is 0 Å². The predicted octanol–water partition coefficient (Wildman–Crippen LogP) is 3.17. The van der Waals surface area contributed by atoms with E-state index in [0.717, 1.165) is 5.56 Å². The van der Waals surface area contributed by atoms with Crippen LogP contribution in [0.3, 0.4) is 0 Å². The number of carbonyl (C=O) groups is 2. The lowest BCUT2D eigenvalue weighted by Crippen LogP contribution is -2.08. The zero-order valence-electron chi connectivity index (χ0n) is 11.0. The summed E-state index contributed by atoms with van der Waals surface area (Å²) in [5.74, 6) is -1.22. The Morgan fingerprint density at radius 1 is 1.00 bits per heavy atom. The van der Waals surface area contributed by atoms with E-state index >= 15 is 0 Å². The Labute approximate surface area is 116 Å². The van der Waals surface area contributed by atoms with E-state index in [2.05, 4.69) is 0 Å². The largest absolute Gasteiger partial charge is 0.487 e. The molecule has 0 fully saturated rings. The maximum Gasteiger partial charge on any atom is 0.339 e. The summed E-state index contributed by atoms with van der Waals surface area (Å²) in [5, 5.41) is 9.18. The minimum atomic E-state index is -1.11. The van der Waals surface area contributed by atoms with E-state index in [1.165, 1.54) is 19.1 Å². The molecule has 0 saturated heterocycles. The van der Waals surface area contributed by atoms with Crippen LogP contribution in [0.25, 0.3) is 0 Å². The molecule has 2 aromatic carbocycles. The van der Waals surface area contributed by atoms with Gasteiger partial charge in [0, 0.05) is 0 Å². The molecule has 4 nitrogen and oxygen atoms in total. The summed E-state index contributed by atoms with van der Waals surface area (Å²) in [5.41, 5.74) is 1.18. The minimum absolute atomic E-state index is 0.00590. The van der Waals surface area contributed by atoms with Crippen molar-refractivity contribution < 1.29 is 19.4 Å². The number of aromatic carboxylic acids is 1. The quantitative estimate of drug-likeness (QED) is 0.847. The second-order valence-electron chi connectivity index (χ2n) is 4.32. The Morgan fingerprint density at radius 2 is 1.65 bits per heavy atom. The van der Waals surface area contributed by atoms with Crippen molar-refractivity contribution in [1.29, 1.82) is 0 Å². The van der Waals surface area contributed by atoms with Crippen molar-refractivity contribution in [2.45, 2.75) is 13.5 Å².